The Hall–Kier alpha value is -0.0400. The van der Waals surface area contributed by atoms with E-state index < -0.39 is 0 Å². The average molecular weight is 355 g/mol. The van der Waals surface area contributed by atoms with Crippen LogP contribution in [0.4, 0.5) is 0 Å². The van der Waals surface area contributed by atoms with E-state index in [1.807, 2.05) is 0 Å². The summed E-state index contributed by atoms with van der Waals surface area (Å²) in [5, 5.41) is 11.3. The highest BCUT2D eigenvalue weighted by molar-refractivity contribution is 5.13. The molecule has 1 unspecified atom stereocenters. The third-order valence-electron chi connectivity index (χ3n) is 8.93. The van der Waals surface area contributed by atoms with Crippen LogP contribution in [-0.4, -0.2) is 11.2 Å². The molecule has 0 aliphatic rings. The average Bonchev–Trinajstić information content (AvgIpc) is 2.32. The van der Waals surface area contributed by atoms with Gasteiger partial charge in [-0.2, -0.15) is 0 Å². The lowest BCUT2D eigenvalue weighted by molar-refractivity contribution is -0.222. The Morgan fingerprint density at radius 2 is 0.760 bits per heavy atom. The van der Waals surface area contributed by atoms with Crippen molar-refractivity contribution in [3.05, 3.63) is 0 Å². The first-order valence-corrected chi connectivity index (χ1v) is 10.1. The van der Waals surface area contributed by atoms with E-state index in [4.69, 9.17) is 0 Å². The van der Waals surface area contributed by atoms with Crippen molar-refractivity contribution in [2.75, 3.05) is 0 Å². The molecule has 0 radical (unpaired) electrons. The predicted molar refractivity (Wildman–Crippen MR) is 114 cm³/mol. The van der Waals surface area contributed by atoms with Crippen molar-refractivity contribution in [2.45, 2.75) is 117 Å². The SMILES string of the molecule is CC(C)(C)C(O)C(C)(C)C(C)(C)C(C)(C)C(C)(C(C)(C)C)C(C)(C)C. The van der Waals surface area contributed by atoms with E-state index in [0.29, 0.717) is 0 Å². The number of rotatable bonds is 4. The first kappa shape index (κ1) is 25.0. The molecule has 152 valence electrons. The molecule has 0 aromatic carbocycles. The summed E-state index contributed by atoms with van der Waals surface area (Å²) in [5.74, 6) is 0. The molecule has 1 nitrogen and oxygen atoms in total. The fourth-order valence-corrected chi connectivity index (χ4v) is 5.85. The topological polar surface area (TPSA) is 20.2 Å². The maximum absolute atomic E-state index is 11.3. The summed E-state index contributed by atoms with van der Waals surface area (Å²) in [7, 11) is 0. The highest BCUT2D eigenvalue weighted by Crippen LogP contribution is 2.70. The van der Waals surface area contributed by atoms with Crippen molar-refractivity contribution < 1.29 is 5.11 Å². The smallest absolute Gasteiger partial charge is 0.0644 e. The third-order valence-corrected chi connectivity index (χ3v) is 8.93. The molecule has 0 aromatic rings. The van der Waals surface area contributed by atoms with Crippen LogP contribution in [0.1, 0.15) is 111 Å². The standard InChI is InChI=1S/C24H50O/c1-18(2,3)17(25)21(10,11)22(12,13)23(14,15)24(16,19(4,5)6)20(7,8)9/h17,25H,1-16H3. The van der Waals surface area contributed by atoms with Crippen LogP contribution >= 0.6 is 0 Å². The molecule has 1 atom stereocenters. The molecule has 0 bridgehead atoms. The third kappa shape index (κ3) is 3.56. The van der Waals surface area contributed by atoms with Crippen molar-refractivity contribution in [1.82, 2.24) is 0 Å². The van der Waals surface area contributed by atoms with Gasteiger partial charge in [0.2, 0.25) is 0 Å². The normalized spacial score (nSPS) is 17.6. The molecule has 0 saturated carbocycles. The van der Waals surface area contributed by atoms with Crippen LogP contribution in [0, 0.1) is 37.9 Å². The summed E-state index contributed by atoms with van der Waals surface area (Å²) in [5.41, 5.74) is -0.133. The van der Waals surface area contributed by atoms with Crippen molar-refractivity contribution in [3.8, 4) is 0 Å². The molecular formula is C24H50O. The van der Waals surface area contributed by atoms with Gasteiger partial charge in [-0.05, 0) is 37.9 Å². The molecule has 0 aromatic heterocycles. The lowest BCUT2D eigenvalue weighted by atomic mass is 9.36. The summed E-state index contributed by atoms with van der Waals surface area (Å²) < 4.78 is 0. The van der Waals surface area contributed by atoms with Crippen LogP contribution in [0.2, 0.25) is 0 Å². The van der Waals surface area contributed by atoms with E-state index in [1.165, 1.54) is 0 Å². The first-order chi connectivity index (χ1) is 10.4. The fourth-order valence-electron chi connectivity index (χ4n) is 5.85. The van der Waals surface area contributed by atoms with Gasteiger partial charge in [0.1, 0.15) is 0 Å². The van der Waals surface area contributed by atoms with Gasteiger partial charge in [0.25, 0.3) is 0 Å². The molecule has 1 heteroatoms. The minimum absolute atomic E-state index is 0.00771. The summed E-state index contributed by atoms with van der Waals surface area (Å²) in [4.78, 5) is 0. The number of hydrogen-bond acceptors (Lipinski definition) is 1. The van der Waals surface area contributed by atoms with Gasteiger partial charge in [-0.3, -0.25) is 0 Å². The lowest BCUT2D eigenvalue weighted by Gasteiger charge is -2.69. The fraction of sp³-hybridized carbons (Fsp3) is 1.00. The van der Waals surface area contributed by atoms with E-state index in [9.17, 15) is 5.11 Å². The van der Waals surface area contributed by atoms with Crippen LogP contribution in [-0.2, 0) is 0 Å². The molecule has 0 saturated heterocycles. The number of hydrogen-bond donors (Lipinski definition) is 1. The van der Waals surface area contributed by atoms with Gasteiger partial charge in [-0.15, -0.1) is 0 Å². The molecule has 25 heavy (non-hydrogen) atoms. The van der Waals surface area contributed by atoms with Crippen LogP contribution in [0.15, 0.2) is 0 Å². The van der Waals surface area contributed by atoms with E-state index >= 15 is 0 Å². The molecular weight excluding hydrogens is 304 g/mol. The van der Waals surface area contributed by atoms with E-state index in [0.717, 1.165) is 0 Å². The molecule has 0 aliphatic heterocycles. The van der Waals surface area contributed by atoms with Gasteiger partial charge in [-0.25, -0.2) is 0 Å². The van der Waals surface area contributed by atoms with E-state index in [1.54, 1.807) is 0 Å². The first-order valence-electron chi connectivity index (χ1n) is 10.1. The van der Waals surface area contributed by atoms with Gasteiger partial charge in [-0.1, -0.05) is 111 Å². The second kappa shape index (κ2) is 6.25. The zero-order valence-electron chi connectivity index (χ0n) is 20.5. The van der Waals surface area contributed by atoms with Gasteiger partial charge >= 0.3 is 0 Å². The minimum Gasteiger partial charge on any atom is -0.392 e. The van der Waals surface area contributed by atoms with Crippen LogP contribution in [0.25, 0.3) is 0 Å². The van der Waals surface area contributed by atoms with Crippen molar-refractivity contribution in [2.24, 2.45) is 37.9 Å². The second-order valence-corrected chi connectivity index (χ2v) is 13.4. The maximum atomic E-state index is 11.3. The van der Waals surface area contributed by atoms with Gasteiger partial charge < -0.3 is 5.11 Å². The van der Waals surface area contributed by atoms with E-state index in [2.05, 4.69) is 111 Å². The van der Waals surface area contributed by atoms with Crippen LogP contribution < -0.4 is 0 Å². The van der Waals surface area contributed by atoms with Gasteiger partial charge in [0.05, 0.1) is 6.10 Å². The highest BCUT2D eigenvalue weighted by Gasteiger charge is 2.65. The monoisotopic (exact) mass is 354 g/mol. The van der Waals surface area contributed by atoms with Crippen LogP contribution in [0.3, 0.4) is 0 Å². The Morgan fingerprint density at radius 3 is 0.960 bits per heavy atom. The minimum atomic E-state index is -0.376. The Balaban J connectivity index is 6.64. The molecule has 0 aliphatic carbocycles. The Morgan fingerprint density at radius 1 is 0.480 bits per heavy atom. The molecule has 0 spiro atoms. The van der Waals surface area contributed by atoms with Crippen molar-refractivity contribution >= 4 is 0 Å². The Bertz CT molecular complexity index is 444. The highest BCUT2D eigenvalue weighted by atomic mass is 16.3. The molecule has 0 amide bonds. The lowest BCUT2D eigenvalue weighted by Crippen LogP contribution is -2.64. The van der Waals surface area contributed by atoms with Gasteiger partial charge in [0.15, 0.2) is 0 Å². The molecule has 0 rings (SSSR count). The Labute approximate surface area is 160 Å². The van der Waals surface area contributed by atoms with Crippen molar-refractivity contribution in [3.63, 3.8) is 0 Å². The Kier molecular flexibility index (Phi) is 6.24. The largest absolute Gasteiger partial charge is 0.392 e. The summed E-state index contributed by atoms with van der Waals surface area (Å²) in [6, 6.07) is 0. The predicted octanol–water partition coefficient (Wildman–Crippen LogP) is 7.57. The summed E-state index contributed by atoms with van der Waals surface area (Å²) >= 11 is 0. The van der Waals surface area contributed by atoms with Crippen LogP contribution in [0.5, 0.6) is 0 Å². The quantitative estimate of drug-likeness (QED) is 0.552. The van der Waals surface area contributed by atoms with E-state index in [-0.39, 0.29) is 44.0 Å². The summed E-state index contributed by atoms with van der Waals surface area (Å²) in [6.07, 6.45) is -0.376. The van der Waals surface area contributed by atoms with Gasteiger partial charge in [0, 0.05) is 0 Å². The number of aliphatic hydroxyl groups is 1. The zero-order valence-corrected chi connectivity index (χ0v) is 20.5. The zero-order chi connectivity index (χ0) is 21.1. The molecule has 1 N–H and O–H groups in total. The summed E-state index contributed by atoms with van der Waals surface area (Å²) in [6.45, 7) is 37.3. The maximum Gasteiger partial charge on any atom is 0.0644 e. The number of aliphatic hydroxyl groups excluding tert-OH is 1. The second-order valence-electron chi connectivity index (χ2n) is 13.4. The van der Waals surface area contributed by atoms with Crippen molar-refractivity contribution in [1.29, 1.82) is 0 Å². The molecule has 0 fully saturated rings. The molecule has 0 heterocycles.